The van der Waals surface area contributed by atoms with Gasteiger partial charge in [0.1, 0.15) is 11.5 Å². The van der Waals surface area contributed by atoms with Gasteiger partial charge in [-0.25, -0.2) is 0 Å². The Morgan fingerprint density at radius 3 is 1.22 bits per heavy atom. The second-order valence-corrected chi connectivity index (χ2v) is 7.57. The van der Waals surface area contributed by atoms with Gasteiger partial charge in [-0.3, -0.25) is 9.98 Å². The van der Waals surface area contributed by atoms with Crippen LogP contribution in [0.15, 0.2) is 58.5 Å². The zero-order chi connectivity index (χ0) is 18.3. The van der Waals surface area contributed by atoms with Gasteiger partial charge in [0.05, 0.1) is 11.4 Å². The number of nitrogens with zero attached hydrogens (tertiary/aromatic N) is 2. The normalized spacial score (nSPS) is 17.5. The van der Waals surface area contributed by atoms with E-state index in [2.05, 4.69) is 0 Å². The van der Waals surface area contributed by atoms with E-state index in [1.165, 1.54) is 49.9 Å². The Morgan fingerprint density at radius 1 is 0.481 bits per heavy atom. The average molecular weight is 361 g/mol. The third kappa shape index (κ3) is 5.29. The predicted molar refractivity (Wildman–Crippen MR) is 113 cm³/mol. The maximum atomic E-state index is 5.97. The van der Waals surface area contributed by atoms with Crippen LogP contribution in [0.5, 0.6) is 11.5 Å². The van der Waals surface area contributed by atoms with Gasteiger partial charge in [0.2, 0.25) is 0 Å². The first kappa shape index (κ1) is 18.0. The molecule has 3 nitrogen and oxygen atoms in total. The Balaban J connectivity index is 1.37. The molecule has 140 valence electrons. The number of hydrogen-bond acceptors (Lipinski definition) is 3. The first-order valence-corrected chi connectivity index (χ1v) is 10.4. The summed E-state index contributed by atoms with van der Waals surface area (Å²) >= 11 is 0. The van der Waals surface area contributed by atoms with Crippen molar-refractivity contribution in [2.45, 2.75) is 64.2 Å². The average Bonchev–Trinajstić information content (AvgIpc) is 2.73. The van der Waals surface area contributed by atoms with E-state index in [4.69, 9.17) is 14.7 Å². The summed E-state index contributed by atoms with van der Waals surface area (Å²) in [6.07, 6.45) is 12.4. The highest BCUT2D eigenvalue weighted by molar-refractivity contribution is 5.88. The SMILES string of the molecule is c1cc(Oc2ccc(N=C3CCCCC3)cc2)ccc1N=C1CCCCC1. The highest BCUT2D eigenvalue weighted by Gasteiger charge is 2.08. The molecule has 0 atom stereocenters. The second-order valence-electron chi connectivity index (χ2n) is 7.57. The van der Waals surface area contributed by atoms with Crippen molar-refractivity contribution in [1.82, 2.24) is 0 Å². The van der Waals surface area contributed by atoms with Crippen molar-refractivity contribution in [1.29, 1.82) is 0 Å². The zero-order valence-electron chi connectivity index (χ0n) is 16.0. The molecule has 2 saturated carbocycles. The molecular formula is C24H28N2O. The van der Waals surface area contributed by atoms with Crippen LogP contribution in [0, 0.1) is 0 Å². The lowest BCUT2D eigenvalue weighted by Crippen LogP contribution is -2.03. The predicted octanol–water partition coefficient (Wildman–Crippen LogP) is 7.55. The largest absolute Gasteiger partial charge is 0.457 e. The van der Waals surface area contributed by atoms with Crippen LogP contribution in [0.25, 0.3) is 0 Å². The number of ether oxygens (including phenoxy) is 1. The molecule has 0 N–H and O–H groups in total. The molecule has 3 heteroatoms. The minimum atomic E-state index is 0.842. The fourth-order valence-electron chi connectivity index (χ4n) is 3.82. The zero-order valence-corrected chi connectivity index (χ0v) is 16.0. The fourth-order valence-corrected chi connectivity index (χ4v) is 3.82. The molecule has 4 rings (SSSR count). The monoisotopic (exact) mass is 360 g/mol. The molecule has 2 fully saturated rings. The van der Waals surface area contributed by atoms with E-state index >= 15 is 0 Å². The highest BCUT2D eigenvalue weighted by atomic mass is 16.5. The molecule has 0 heterocycles. The number of aliphatic imine (C=N–C) groups is 2. The van der Waals surface area contributed by atoms with E-state index in [1.54, 1.807) is 0 Å². The number of rotatable bonds is 4. The molecule has 0 aromatic heterocycles. The van der Waals surface area contributed by atoms with Crippen molar-refractivity contribution in [3.8, 4) is 11.5 Å². The topological polar surface area (TPSA) is 34.0 Å². The molecule has 0 aliphatic heterocycles. The molecule has 0 radical (unpaired) electrons. The summed E-state index contributed by atoms with van der Waals surface area (Å²) in [4.78, 5) is 9.56. The molecule has 0 amide bonds. The fraction of sp³-hybridized carbons (Fsp3) is 0.417. The Kier molecular flexibility index (Phi) is 5.98. The lowest BCUT2D eigenvalue weighted by atomic mass is 9.98. The van der Waals surface area contributed by atoms with Crippen molar-refractivity contribution < 1.29 is 4.74 Å². The van der Waals surface area contributed by atoms with E-state index in [0.29, 0.717) is 0 Å². The highest BCUT2D eigenvalue weighted by Crippen LogP contribution is 2.28. The molecule has 2 aliphatic rings. The van der Waals surface area contributed by atoms with Gasteiger partial charge >= 0.3 is 0 Å². The molecule has 2 aliphatic carbocycles. The van der Waals surface area contributed by atoms with Gasteiger partial charge in [-0.2, -0.15) is 0 Å². The van der Waals surface area contributed by atoms with Crippen molar-refractivity contribution >= 4 is 22.8 Å². The minimum absolute atomic E-state index is 0.842. The molecule has 0 unspecified atom stereocenters. The van der Waals surface area contributed by atoms with E-state index in [0.717, 1.165) is 48.6 Å². The van der Waals surface area contributed by atoms with Crippen LogP contribution < -0.4 is 4.74 Å². The van der Waals surface area contributed by atoms with Gasteiger partial charge in [0.25, 0.3) is 0 Å². The van der Waals surface area contributed by atoms with Crippen LogP contribution in [0.1, 0.15) is 64.2 Å². The molecule has 0 saturated heterocycles. The molecular weight excluding hydrogens is 332 g/mol. The quantitative estimate of drug-likeness (QED) is 0.554. The van der Waals surface area contributed by atoms with Crippen LogP contribution in [-0.4, -0.2) is 11.4 Å². The molecule has 0 spiro atoms. The maximum Gasteiger partial charge on any atom is 0.127 e. The Morgan fingerprint density at radius 2 is 0.852 bits per heavy atom. The standard InChI is InChI=1S/C24H28N2O/c1-3-7-19(8-4-1)25-21-11-15-23(16-12-21)27-24-17-13-22(14-18-24)26-20-9-5-2-6-10-20/h11-18H,1-10H2. The molecule has 27 heavy (non-hydrogen) atoms. The van der Waals surface area contributed by atoms with E-state index in [9.17, 15) is 0 Å². The lowest BCUT2D eigenvalue weighted by Gasteiger charge is -2.12. The minimum Gasteiger partial charge on any atom is -0.457 e. The molecule has 2 aromatic carbocycles. The first-order valence-electron chi connectivity index (χ1n) is 10.4. The first-order chi connectivity index (χ1) is 13.3. The van der Waals surface area contributed by atoms with E-state index in [1.807, 2.05) is 48.5 Å². The Hall–Kier alpha value is -2.42. The smallest absolute Gasteiger partial charge is 0.127 e. The summed E-state index contributed by atoms with van der Waals surface area (Å²) in [6, 6.07) is 16.2. The van der Waals surface area contributed by atoms with Gasteiger partial charge in [-0.05, 0) is 99.9 Å². The van der Waals surface area contributed by atoms with E-state index < -0.39 is 0 Å². The number of hydrogen-bond donors (Lipinski definition) is 0. The third-order valence-corrected chi connectivity index (χ3v) is 5.34. The summed E-state index contributed by atoms with van der Waals surface area (Å²) in [6.45, 7) is 0. The van der Waals surface area contributed by atoms with Crippen LogP contribution in [0.2, 0.25) is 0 Å². The summed E-state index contributed by atoms with van der Waals surface area (Å²) in [5.74, 6) is 1.68. The van der Waals surface area contributed by atoms with Crippen molar-refractivity contribution in [2.75, 3.05) is 0 Å². The van der Waals surface area contributed by atoms with Crippen LogP contribution >= 0.6 is 0 Å². The molecule has 2 aromatic rings. The summed E-state index contributed by atoms with van der Waals surface area (Å²) in [5.41, 5.74) is 4.73. The molecule has 0 bridgehead atoms. The number of benzene rings is 2. The van der Waals surface area contributed by atoms with Crippen molar-refractivity contribution in [3.05, 3.63) is 48.5 Å². The summed E-state index contributed by atoms with van der Waals surface area (Å²) in [5, 5.41) is 0. The van der Waals surface area contributed by atoms with Crippen molar-refractivity contribution in [2.24, 2.45) is 9.98 Å². The van der Waals surface area contributed by atoms with Gasteiger partial charge in [0.15, 0.2) is 0 Å². The lowest BCUT2D eigenvalue weighted by molar-refractivity contribution is 0.483. The van der Waals surface area contributed by atoms with Crippen molar-refractivity contribution in [3.63, 3.8) is 0 Å². The maximum absolute atomic E-state index is 5.97. The van der Waals surface area contributed by atoms with Gasteiger partial charge in [-0.1, -0.05) is 12.8 Å². The van der Waals surface area contributed by atoms with Gasteiger partial charge in [0, 0.05) is 11.4 Å². The van der Waals surface area contributed by atoms with Crippen LogP contribution in [-0.2, 0) is 0 Å². The van der Waals surface area contributed by atoms with Gasteiger partial charge < -0.3 is 4.74 Å². The Labute approximate surface area is 162 Å². The van der Waals surface area contributed by atoms with Crippen LogP contribution in [0.3, 0.4) is 0 Å². The van der Waals surface area contributed by atoms with Crippen LogP contribution in [0.4, 0.5) is 11.4 Å². The van der Waals surface area contributed by atoms with Gasteiger partial charge in [-0.15, -0.1) is 0 Å². The van der Waals surface area contributed by atoms with E-state index in [-0.39, 0.29) is 0 Å². The third-order valence-electron chi connectivity index (χ3n) is 5.34. The summed E-state index contributed by atoms with van der Waals surface area (Å²) < 4.78 is 5.97. The Bertz CT molecular complexity index is 718. The second kappa shape index (κ2) is 8.98. The summed E-state index contributed by atoms with van der Waals surface area (Å²) in [7, 11) is 0.